The van der Waals surface area contributed by atoms with Crippen LogP contribution in [0.5, 0.6) is 17.2 Å². The average molecular weight is 614 g/mol. The fourth-order valence-electron chi connectivity index (χ4n) is 4.45. The lowest BCUT2D eigenvalue weighted by Gasteiger charge is -2.31. The summed E-state index contributed by atoms with van der Waals surface area (Å²) in [6, 6.07) is 16.0. The zero-order valence-electron chi connectivity index (χ0n) is 26.4. The van der Waals surface area contributed by atoms with Crippen LogP contribution < -0.4 is 14.8 Å². The Labute approximate surface area is 261 Å². The molecule has 12 nitrogen and oxygen atoms in total. The van der Waals surface area contributed by atoms with E-state index in [1.807, 2.05) is 0 Å². The minimum Gasteiger partial charge on any atom is -0.474 e. The van der Waals surface area contributed by atoms with Crippen molar-refractivity contribution in [2.75, 3.05) is 19.5 Å². The van der Waals surface area contributed by atoms with Crippen LogP contribution in [0.1, 0.15) is 56.1 Å². The second kappa shape index (κ2) is 12.6. The van der Waals surface area contributed by atoms with E-state index < -0.39 is 29.2 Å². The highest BCUT2D eigenvalue weighted by atomic mass is 16.6. The number of hydrogen-bond acceptors (Lipinski definition) is 10. The largest absolute Gasteiger partial charge is 0.474 e. The van der Waals surface area contributed by atoms with E-state index in [4.69, 9.17) is 18.9 Å². The molecule has 1 N–H and O–H groups in total. The molecule has 0 radical (unpaired) electrons. The van der Waals surface area contributed by atoms with Crippen LogP contribution >= 0.6 is 0 Å². The van der Waals surface area contributed by atoms with Gasteiger partial charge < -0.3 is 24.3 Å². The molecule has 45 heavy (non-hydrogen) atoms. The van der Waals surface area contributed by atoms with E-state index in [1.54, 1.807) is 96.3 Å². The number of nitrogens with one attached hydrogen (secondary N) is 1. The van der Waals surface area contributed by atoms with Crippen LogP contribution in [0.25, 0.3) is 5.52 Å². The number of aromatic nitrogens is 2. The second-order valence-corrected chi connectivity index (χ2v) is 11.7. The Kier molecular flexibility index (Phi) is 9.04. The Morgan fingerprint density at radius 1 is 1.00 bits per heavy atom. The lowest BCUT2D eigenvalue weighted by molar-refractivity contribution is -0.143. The molecule has 0 aliphatic heterocycles. The number of nitriles is 1. The third-order valence-electron chi connectivity index (χ3n) is 6.64. The molecule has 4 rings (SSSR count). The number of aryl methyl sites for hydroxylation is 1. The van der Waals surface area contributed by atoms with E-state index >= 15 is 0 Å². The minimum atomic E-state index is -1.43. The number of amides is 2. The third-order valence-corrected chi connectivity index (χ3v) is 6.64. The number of carbonyl (C=O) groups excluding carboxylic acids is 3. The van der Waals surface area contributed by atoms with Crippen LogP contribution in [0.4, 0.5) is 16.2 Å². The first-order chi connectivity index (χ1) is 21.1. The molecule has 0 aliphatic rings. The average Bonchev–Trinajstić information content (AvgIpc) is 3.33. The number of anilines is 2. The summed E-state index contributed by atoms with van der Waals surface area (Å²) in [6.07, 6.45) is 2.19. The molecule has 0 bridgehead atoms. The molecule has 2 aromatic carbocycles. The quantitative estimate of drug-likeness (QED) is 0.222. The van der Waals surface area contributed by atoms with Gasteiger partial charge in [0.1, 0.15) is 17.4 Å². The molecule has 4 aromatic rings. The summed E-state index contributed by atoms with van der Waals surface area (Å²) < 4.78 is 23.9. The highest BCUT2D eigenvalue weighted by molar-refractivity contribution is 5.97. The fourth-order valence-corrected chi connectivity index (χ4v) is 4.45. The predicted molar refractivity (Wildman–Crippen MR) is 166 cm³/mol. The molecule has 2 heterocycles. The van der Waals surface area contributed by atoms with Gasteiger partial charge in [-0.25, -0.2) is 19.0 Å². The highest BCUT2D eigenvalue weighted by Gasteiger charge is 2.37. The van der Waals surface area contributed by atoms with Crippen molar-refractivity contribution >= 4 is 34.9 Å². The summed E-state index contributed by atoms with van der Waals surface area (Å²) in [6.45, 7) is 10.0. The van der Waals surface area contributed by atoms with Gasteiger partial charge in [0.25, 0.3) is 5.91 Å². The van der Waals surface area contributed by atoms with Crippen LogP contribution in [0.15, 0.2) is 60.9 Å². The lowest BCUT2D eigenvalue weighted by Crippen LogP contribution is -2.50. The molecular weight excluding hydrogens is 578 g/mol. The van der Waals surface area contributed by atoms with Crippen molar-refractivity contribution in [1.82, 2.24) is 14.5 Å². The topological polar surface area (TPSA) is 144 Å². The number of methoxy groups -OCH3 is 1. The Morgan fingerprint density at radius 3 is 2.24 bits per heavy atom. The monoisotopic (exact) mass is 613 g/mol. The summed E-state index contributed by atoms with van der Waals surface area (Å²) in [5.41, 5.74) is 0.747. The van der Waals surface area contributed by atoms with Gasteiger partial charge in [0.05, 0.1) is 35.6 Å². The fraction of sp³-hybridized carbons (Fsp3) is 0.303. The third kappa shape index (κ3) is 7.15. The van der Waals surface area contributed by atoms with Crippen molar-refractivity contribution in [3.8, 4) is 23.3 Å². The van der Waals surface area contributed by atoms with E-state index in [9.17, 15) is 19.6 Å². The number of hydrogen-bond donors (Lipinski definition) is 1. The number of likely N-dealkylation sites (N-methyl/N-ethyl adjacent to an activating group) is 1. The van der Waals surface area contributed by atoms with Gasteiger partial charge in [-0.05, 0) is 83.5 Å². The van der Waals surface area contributed by atoms with Gasteiger partial charge in [-0.3, -0.25) is 4.79 Å². The summed E-state index contributed by atoms with van der Waals surface area (Å²) in [5.74, 6) is 0.00935. The molecule has 234 valence electrons. The number of ether oxygens (including phenoxy) is 4. The Bertz CT molecular complexity index is 1800. The number of benzene rings is 2. The molecule has 0 aliphatic carbocycles. The number of rotatable bonds is 8. The predicted octanol–water partition coefficient (Wildman–Crippen LogP) is 6.39. The number of carbonyl (C=O) groups is 3. The zero-order chi connectivity index (χ0) is 33.1. The maximum atomic E-state index is 13.2. The van der Waals surface area contributed by atoms with Gasteiger partial charge in [0.15, 0.2) is 17.1 Å². The zero-order valence-corrected chi connectivity index (χ0v) is 26.4. The van der Waals surface area contributed by atoms with Gasteiger partial charge >= 0.3 is 12.1 Å². The number of esters is 1. The molecule has 0 atom stereocenters. The van der Waals surface area contributed by atoms with Gasteiger partial charge in [-0.2, -0.15) is 10.4 Å². The van der Waals surface area contributed by atoms with Crippen molar-refractivity contribution in [2.45, 2.75) is 52.7 Å². The van der Waals surface area contributed by atoms with Crippen LogP contribution in [-0.4, -0.2) is 57.8 Å². The van der Waals surface area contributed by atoms with E-state index in [0.29, 0.717) is 50.8 Å². The van der Waals surface area contributed by atoms with Crippen LogP contribution in [-0.2, 0) is 14.3 Å². The minimum absolute atomic E-state index is 0.290. The number of imide groups is 1. The summed E-state index contributed by atoms with van der Waals surface area (Å²) in [4.78, 5) is 38.8. The van der Waals surface area contributed by atoms with Crippen LogP contribution in [0.2, 0.25) is 0 Å². The molecule has 0 saturated heterocycles. The first kappa shape index (κ1) is 32.3. The maximum absolute atomic E-state index is 13.2. The van der Waals surface area contributed by atoms with E-state index in [1.165, 1.54) is 24.9 Å². The van der Waals surface area contributed by atoms with Crippen molar-refractivity contribution < 1.29 is 33.3 Å². The lowest BCUT2D eigenvalue weighted by atomic mass is 10.1. The van der Waals surface area contributed by atoms with Gasteiger partial charge in [0, 0.05) is 18.9 Å². The molecule has 0 unspecified atom stereocenters. The SMILES string of the molecule is COC(=O)c1cn2ncc(C#N)c(Nc3ccc(Oc4ccccc4OC(C)(C)C(=O)N(C)C(=O)OC(C)(C)C)cc3)c2c1C. The Hall–Kier alpha value is -5.57. The smallest absolute Gasteiger partial charge is 0.416 e. The molecule has 0 fully saturated rings. The van der Waals surface area contributed by atoms with Crippen LogP contribution in [0.3, 0.4) is 0 Å². The number of nitrogens with zero attached hydrogens (tertiary/aromatic N) is 4. The Morgan fingerprint density at radius 2 is 1.64 bits per heavy atom. The second-order valence-electron chi connectivity index (χ2n) is 11.7. The van der Waals surface area contributed by atoms with Gasteiger partial charge in [-0.1, -0.05) is 12.1 Å². The van der Waals surface area contributed by atoms with Gasteiger partial charge in [-0.15, -0.1) is 0 Å². The number of para-hydroxylation sites is 2. The molecule has 2 amide bonds. The highest BCUT2D eigenvalue weighted by Crippen LogP contribution is 2.36. The first-order valence-corrected chi connectivity index (χ1v) is 14.0. The van der Waals surface area contributed by atoms with Crippen LogP contribution in [0, 0.1) is 18.3 Å². The van der Waals surface area contributed by atoms with E-state index in [2.05, 4.69) is 16.5 Å². The van der Waals surface area contributed by atoms with Crippen molar-refractivity contribution in [3.05, 3.63) is 77.6 Å². The van der Waals surface area contributed by atoms with E-state index in [-0.39, 0.29) is 0 Å². The maximum Gasteiger partial charge on any atom is 0.416 e. The normalized spacial score (nSPS) is 11.4. The van der Waals surface area contributed by atoms with Crippen molar-refractivity contribution in [3.63, 3.8) is 0 Å². The van der Waals surface area contributed by atoms with Gasteiger partial charge in [0.2, 0.25) is 0 Å². The molecular formula is C33H35N5O7. The van der Waals surface area contributed by atoms with E-state index in [0.717, 1.165) is 4.90 Å². The number of fused-ring (bicyclic) bond motifs is 1. The molecule has 12 heteroatoms. The standard InChI is InChI=1S/C33H35N5O7/c1-20-24(29(39)42-8)19-38-28(20)27(21(17-34)18-35-38)36-22-13-15-23(16-14-22)43-25-11-9-10-12-26(25)44-33(5,6)30(40)37(7)31(41)45-32(2,3)4/h9-16,18-19,36H,1-8H3. The first-order valence-electron chi connectivity index (χ1n) is 14.0. The molecule has 0 spiro atoms. The molecule has 2 aromatic heterocycles. The summed E-state index contributed by atoms with van der Waals surface area (Å²) >= 11 is 0. The Balaban J connectivity index is 1.54. The summed E-state index contributed by atoms with van der Waals surface area (Å²) in [5, 5.41) is 17.3. The van der Waals surface area contributed by atoms with Crippen molar-refractivity contribution in [1.29, 1.82) is 5.26 Å². The molecule has 0 saturated carbocycles. The van der Waals surface area contributed by atoms with Crippen molar-refractivity contribution in [2.24, 2.45) is 0 Å². The summed E-state index contributed by atoms with van der Waals surface area (Å²) in [7, 11) is 2.64.